The Morgan fingerprint density at radius 3 is 2.56 bits per heavy atom. The first-order chi connectivity index (χ1) is 7.67. The van der Waals surface area contributed by atoms with Crippen LogP contribution in [0.2, 0.25) is 0 Å². The molecule has 4 heteroatoms. The van der Waals surface area contributed by atoms with Gasteiger partial charge in [-0.05, 0) is 24.1 Å². The molecule has 16 heavy (non-hydrogen) atoms. The molecular weight excluding hydrogens is 206 g/mol. The first-order valence-electron chi connectivity index (χ1n) is 4.87. The zero-order valence-corrected chi connectivity index (χ0v) is 9.53. The zero-order valence-electron chi connectivity index (χ0n) is 9.53. The summed E-state index contributed by atoms with van der Waals surface area (Å²) in [4.78, 5) is 11.4. The van der Waals surface area contributed by atoms with Crippen molar-refractivity contribution in [1.29, 1.82) is 5.26 Å². The van der Waals surface area contributed by atoms with Gasteiger partial charge >= 0.3 is 5.97 Å². The molecule has 0 bridgehead atoms. The van der Waals surface area contributed by atoms with Crippen molar-refractivity contribution in [2.75, 3.05) is 14.2 Å². The number of esters is 1. The van der Waals surface area contributed by atoms with E-state index in [2.05, 4.69) is 10.8 Å². The molecule has 0 amide bonds. The number of carbonyl (C=O) groups excluding carboxylic acids is 1. The van der Waals surface area contributed by atoms with Crippen molar-refractivity contribution in [3.8, 4) is 11.8 Å². The van der Waals surface area contributed by atoms with Crippen molar-refractivity contribution in [2.45, 2.75) is 13.3 Å². The number of benzene rings is 1. The minimum Gasteiger partial charge on any atom is -0.495 e. The molecule has 0 atom stereocenters. The number of hydrogen-bond acceptors (Lipinski definition) is 4. The molecule has 0 spiro atoms. The molecule has 0 heterocycles. The normalized spacial score (nSPS) is 9.38. The van der Waals surface area contributed by atoms with Gasteiger partial charge in [0.1, 0.15) is 11.8 Å². The van der Waals surface area contributed by atoms with Crippen LogP contribution in [0.4, 0.5) is 0 Å². The standard InChI is InChI=1S/C12H13NO3/c1-4-8-5-9(12(14)16-3)6-11(15-2)10(8)7-13/h5-6H,4H2,1-3H3. The second kappa shape index (κ2) is 5.17. The summed E-state index contributed by atoms with van der Waals surface area (Å²) in [5.74, 6) is -0.0280. The molecular formula is C12H13NO3. The fourth-order valence-electron chi connectivity index (χ4n) is 1.48. The summed E-state index contributed by atoms with van der Waals surface area (Å²) < 4.78 is 9.72. The monoisotopic (exact) mass is 219 g/mol. The van der Waals surface area contributed by atoms with E-state index in [1.807, 2.05) is 6.92 Å². The SMILES string of the molecule is CCc1cc(C(=O)OC)cc(OC)c1C#N. The number of nitrogens with zero attached hydrogens (tertiary/aromatic N) is 1. The molecule has 1 aromatic rings. The highest BCUT2D eigenvalue weighted by Crippen LogP contribution is 2.24. The molecule has 0 N–H and O–H groups in total. The maximum atomic E-state index is 11.4. The number of hydrogen-bond donors (Lipinski definition) is 0. The maximum Gasteiger partial charge on any atom is 0.337 e. The van der Waals surface area contributed by atoms with Crippen LogP contribution in [0, 0.1) is 11.3 Å². The third-order valence-electron chi connectivity index (χ3n) is 2.32. The van der Waals surface area contributed by atoms with E-state index in [0.29, 0.717) is 23.3 Å². The number of rotatable bonds is 3. The largest absolute Gasteiger partial charge is 0.495 e. The molecule has 0 saturated heterocycles. The van der Waals surface area contributed by atoms with Crippen molar-refractivity contribution in [3.63, 3.8) is 0 Å². The molecule has 1 rings (SSSR count). The lowest BCUT2D eigenvalue weighted by Crippen LogP contribution is -2.04. The van der Waals surface area contributed by atoms with Crippen LogP contribution >= 0.6 is 0 Å². The average molecular weight is 219 g/mol. The minimum atomic E-state index is -0.433. The Morgan fingerprint density at radius 1 is 1.44 bits per heavy atom. The molecule has 0 aliphatic rings. The highest BCUT2D eigenvalue weighted by molar-refractivity contribution is 5.90. The van der Waals surface area contributed by atoms with Gasteiger partial charge < -0.3 is 9.47 Å². The molecule has 0 saturated carbocycles. The van der Waals surface area contributed by atoms with Crippen LogP contribution in [0.1, 0.15) is 28.4 Å². The lowest BCUT2D eigenvalue weighted by atomic mass is 10.0. The number of carbonyl (C=O) groups is 1. The molecule has 4 nitrogen and oxygen atoms in total. The van der Waals surface area contributed by atoms with Crippen LogP contribution in [0.15, 0.2) is 12.1 Å². The first kappa shape index (κ1) is 12.1. The van der Waals surface area contributed by atoms with Crippen LogP contribution in [0.25, 0.3) is 0 Å². The maximum absolute atomic E-state index is 11.4. The zero-order chi connectivity index (χ0) is 12.1. The number of ether oxygens (including phenoxy) is 2. The predicted molar refractivity (Wildman–Crippen MR) is 58.4 cm³/mol. The van der Waals surface area contributed by atoms with E-state index >= 15 is 0 Å². The van der Waals surface area contributed by atoms with Gasteiger partial charge in [0.2, 0.25) is 0 Å². The fourth-order valence-corrected chi connectivity index (χ4v) is 1.48. The van der Waals surface area contributed by atoms with Gasteiger partial charge in [0.15, 0.2) is 0 Å². The lowest BCUT2D eigenvalue weighted by Gasteiger charge is -2.09. The quantitative estimate of drug-likeness (QED) is 0.728. The van der Waals surface area contributed by atoms with Crippen LogP contribution in [0.3, 0.4) is 0 Å². The topological polar surface area (TPSA) is 59.3 Å². The van der Waals surface area contributed by atoms with Crippen LogP contribution in [-0.2, 0) is 11.2 Å². The van der Waals surface area contributed by atoms with Crippen LogP contribution in [-0.4, -0.2) is 20.2 Å². The minimum absolute atomic E-state index is 0.398. The summed E-state index contributed by atoms with van der Waals surface area (Å²) in [6.45, 7) is 1.91. The molecule has 0 unspecified atom stereocenters. The van der Waals surface area contributed by atoms with Crippen LogP contribution in [0.5, 0.6) is 5.75 Å². The molecule has 1 aromatic carbocycles. The molecule has 0 fully saturated rings. The molecule has 0 aromatic heterocycles. The third-order valence-corrected chi connectivity index (χ3v) is 2.32. The molecule has 0 aliphatic carbocycles. The Balaban J connectivity index is 3.38. The van der Waals surface area contributed by atoms with Gasteiger partial charge in [-0.15, -0.1) is 0 Å². The van der Waals surface area contributed by atoms with E-state index in [4.69, 9.17) is 10.00 Å². The summed E-state index contributed by atoms with van der Waals surface area (Å²) in [7, 11) is 2.79. The summed E-state index contributed by atoms with van der Waals surface area (Å²) in [5.41, 5.74) is 1.65. The van der Waals surface area contributed by atoms with E-state index in [1.165, 1.54) is 20.3 Å². The Bertz CT molecular complexity index is 421. The van der Waals surface area contributed by atoms with Crippen molar-refractivity contribution in [2.24, 2.45) is 0 Å². The van der Waals surface area contributed by atoms with Gasteiger partial charge in [-0.25, -0.2) is 4.79 Å². The third kappa shape index (κ3) is 2.14. The van der Waals surface area contributed by atoms with Gasteiger partial charge in [-0.2, -0.15) is 5.26 Å². The highest BCUT2D eigenvalue weighted by Gasteiger charge is 2.14. The Labute approximate surface area is 94.4 Å². The second-order valence-corrected chi connectivity index (χ2v) is 3.17. The Morgan fingerprint density at radius 2 is 2.12 bits per heavy atom. The highest BCUT2D eigenvalue weighted by atomic mass is 16.5. The smallest absolute Gasteiger partial charge is 0.337 e. The van der Waals surface area contributed by atoms with Gasteiger partial charge in [-0.3, -0.25) is 0 Å². The van der Waals surface area contributed by atoms with Gasteiger partial charge in [0.25, 0.3) is 0 Å². The van der Waals surface area contributed by atoms with Gasteiger partial charge in [-0.1, -0.05) is 6.92 Å². The molecule has 0 aliphatic heterocycles. The molecule has 84 valence electrons. The van der Waals surface area contributed by atoms with Crippen LogP contribution < -0.4 is 4.74 Å². The molecule has 0 radical (unpaired) electrons. The Hall–Kier alpha value is -2.02. The van der Waals surface area contributed by atoms with Gasteiger partial charge in [0, 0.05) is 0 Å². The fraction of sp³-hybridized carbons (Fsp3) is 0.333. The van der Waals surface area contributed by atoms with Crippen molar-refractivity contribution in [3.05, 3.63) is 28.8 Å². The van der Waals surface area contributed by atoms with Crippen molar-refractivity contribution < 1.29 is 14.3 Å². The first-order valence-corrected chi connectivity index (χ1v) is 4.87. The van der Waals surface area contributed by atoms with Crippen molar-refractivity contribution >= 4 is 5.97 Å². The predicted octanol–water partition coefficient (Wildman–Crippen LogP) is 1.92. The average Bonchev–Trinajstić information content (AvgIpc) is 2.35. The van der Waals surface area contributed by atoms with Crippen molar-refractivity contribution in [1.82, 2.24) is 0 Å². The second-order valence-electron chi connectivity index (χ2n) is 3.17. The Kier molecular flexibility index (Phi) is 3.90. The number of methoxy groups -OCH3 is 2. The van der Waals surface area contributed by atoms with E-state index in [0.717, 1.165) is 5.56 Å². The van der Waals surface area contributed by atoms with E-state index in [1.54, 1.807) is 6.07 Å². The summed E-state index contributed by atoms with van der Waals surface area (Å²) in [6, 6.07) is 5.25. The number of nitriles is 1. The van der Waals surface area contributed by atoms with E-state index in [9.17, 15) is 4.79 Å². The summed E-state index contributed by atoms with van der Waals surface area (Å²) >= 11 is 0. The summed E-state index contributed by atoms with van der Waals surface area (Å²) in [5, 5.41) is 9.00. The van der Waals surface area contributed by atoms with Gasteiger partial charge in [0.05, 0.1) is 25.3 Å². The van der Waals surface area contributed by atoms with E-state index < -0.39 is 5.97 Å². The number of aryl methyl sites for hydroxylation is 1. The van der Waals surface area contributed by atoms with E-state index in [-0.39, 0.29) is 0 Å². The summed E-state index contributed by atoms with van der Waals surface area (Å²) in [6.07, 6.45) is 0.657. The lowest BCUT2D eigenvalue weighted by molar-refractivity contribution is 0.0600.